The van der Waals surface area contributed by atoms with Crippen molar-refractivity contribution in [3.8, 4) is 0 Å². The molecule has 7 heteroatoms. The Morgan fingerprint density at radius 3 is 2.44 bits per heavy atom. The highest BCUT2D eigenvalue weighted by atomic mass is 16.6. The number of rotatable bonds is 5. The first kappa shape index (κ1) is 16.9. The number of ether oxygens (including phenoxy) is 1. The van der Waals surface area contributed by atoms with Gasteiger partial charge < -0.3 is 24.7 Å². The van der Waals surface area contributed by atoms with Crippen molar-refractivity contribution < 1.29 is 18.7 Å². The molecule has 2 amide bonds. The third kappa shape index (κ3) is 4.32. The second kappa shape index (κ2) is 7.74. The quantitative estimate of drug-likeness (QED) is 0.898. The monoisotopic (exact) mass is 343 g/mol. The van der Waals surface area contributed by atoms with Crippen molar-refractivity contribution >= 4 is 17.7 Å². The summed E-state index contributed by atoms with van der Waals surface area (Å²) in [7, 11) is 0. The summed E-state index contributed by atoms with van der Waals surface area (Å²) in [4.78, 5) is 27.7. The molecule has 0 aliphatic carbocycles. The lowest BCUT2D eigenvalue weighted by Gasteiger charge is -2.36. The second-order valence-corrected chi connectivity index (χ2v) is 5.89. The summed E-state index contributed by atoms with van der Waals surface area (Å²) >= 11 is 0. The van der Waals surface area contributed by atoms with Crippen molar-refractivity contribution in [1.29, 1.82) is 0 Å². The number of nitrogens with two attached hydrogens (primary N) is 1. The van der Waals surface area contributed by atoms with Gasteiger partial charge in [-0.05, 0) is 18.2 Å². The Hall–Kier alpha value is -2.96. The van der Waals surface area contributed by atoms with Crippen LogP contribution in [0.3, 0.4) is 0 Å². The fraction of sp³-hybridized carbons (Fsp3) is 0.333. The Morgan fingerprint density at radius 1 is 1.12 bits per heavy atom. The first-order chi connectivity index (χ1) is 12.1. The summed E-state index contributed by atoms with van der Waals surface area (Å²) in [6.45, 7) is 2.79. The molecule has 1 saturated heterocycles. The molecule has 3 rings (SSSR count). The molecular weight excluding hydrogens is 322 g/mol. The molecule has 0 spiro atoms. The fourth-order valence-corrected chi connectivity index (χ4v) is 2.97. The highest BCUT2D eigenvalue weighted by molar-refractivity contribution is 5.78. The Labute approximate surface area is 145 Å². The highest BCUT2D eigenvalue weighted by Crippen LogP contribution is 2.23. The minimum absolute atomic E-state index is 0.0494. The first-order valence-electron chi connectivity index (χ1n) is 8.19. The molecule has 2 aromatic rings. The van der Waals surface area contributed by atoms with E-state index in [1.54, 1.807) is 11.0 Å². The highest BCUT2D eigenvalue weighted by Gasteiger charge is 2.26. The second-order valence-electron chi connectivity index (χ2n) is 5.89. The molecule has 1 aliphatic rings. The molecule has 1 aliphatic heterocycles. The molecule has 1 unspecified atom stereocenters. The third-order valence-electron chi connectivity index (χ3n) is 4.29. The number of furan rings is 1. The summed E-state index contributed by atoms with van der Waals surface area (Å²) in [5.41, 5.74) is 6.89. The van der Waals surface area contributed by atoms with E-state index in [2.05, 4.69) is 17.0 Å². The number of anilines is 1. The van der Waals surface area contributed by atoms with Crippen LogP contribution in [0.4, 0.5) is 10.5 Å². The van der Waals surface area contributed by atoms with Crippen molar-refractivity contribution in [3.63, 3.8) is 0 Å². The molecule has 1 aromatic heterocycles. The van der Waals surface area contributed by atoms with Gasteiger partial charge in [0, 0.05) is 37.4 Å². The van der Waals surface area contributed by atoms with Crippen LogP contribution < -0.4 is 10.6 Å². The van der Waals surface area contributed by atoms with Gasteiger partial charge in [-0.15, -0.1) is 0 Å². The van der Waals surface area contributed by atoms with Crippen LogP contribution in [0.1, 0.15) is 18.1 Å². The van der Waals surface area contributed by atoms with E-state index in [0.717, 1.165) is 18.8 Å². The molecule has 0 radical (unpaired) electrons. The molecule has 1 aromatic carbocycles. The lowest BCUT2D eigenvalue weighted by atomic mass is 10.1. The van der Waals surface area contributed by atoms with Gasteiger partial charge in [-0.1, -0.05) is 18.2 Å². The minimum atomic E-state index is -0.909. The number of para-hydroxylation sites is 1. The minimum Gasteiger partial charge on any atom is -0.472 e. The van der Waals surface area contributed by atoms with Gasteiger partial charge in [0.2, 0.25) is 5.91 Å². The van der Waals surface area contributed by atoms with Crippen LogP contribution in [0.15, 0.2) is 53.3 Å². The number of carbonyl (C=O) groups is 2. The molecule has 132 valence electrons. The molecule has 2 N–H and O–H groups in total. The Morgan fingerprint density at radius 2 is 1.84 bits per heavy atom. The normalized spacial score (nSPS) is 15.7. The molecule has 1 fully saturated rings. The van der Waals surface area contributed by atoms with E-state index in [-0.39, 0.29) is 12.3 Å². The van der Waals surface area contributed by atoms with E-state index in [4.69, 9.17) is 14.9 Å². The Bertz CT molecular complexity index is 694. The summed E-state index contributed by atoms with van der Waals surface area (Å²) in [5.74, 6) is -0.0693. The maximum absolute atomic E-state index is 12.6. The van der Waals surface area contributed by atoms with Gasteiger partial charge in [0.05, 0.1) is 18.9 Å². The van der Waals surface area contributed by atoms with Crippen LogP contribution in [0.2, 0.25) is 0 Å². The third-order valence-corrected chi connectivity index (χ3v) is 4.29. The van der Waals surface area contributed by atoms with Gasteiger partial charge >= 0.3 is 6.09 Å². The predicted octanol–water partition coefficient (Wildman–Crippen LogP) is 2.15. The van der Waals surface area contributed by atoms with Crippen molar-refractivity contribution in [2.24, 2.45) is 5.73 Å². The van der Waals surface area contributed by atoms with E-state index < -0.39 is 12.2 Å². The van der Waals surface area contributed by atoms with Crippen molar-refractivity contribution in [2.75, 3.05) is 31.1 Å². The lowest BCUT2D eigenvalue weighted by Crippen LogP contribution is -2.49. The van der Waals surface area contributed by atoms with Gasteiger partial charge in [-0.3, -0.25) is 4.79 Å². The van der Waals surface area contributed by atoms with Gasteiger partial charge in [-0.25, -0.2) is 4.79 Å². The van der Waals surface area contributed by atoms with Crippen molar-refractivity contribution in [3.05, 3.63) is 54.5 Å². The number of amides is 2. The van der Waals surface area contributed by atoms with Crippen LogP contribution >= 0.6 is 0 Å². The number of hydrogen-bond acceptors (Lipinski definition) is 5. The first-order valence-corrected chi connectivity index (χ1v) is 8.19. The molecule has 25 heavy (non-hydrogen) atoms. The van der Waals surface area contributed by atoms with Gasteiger partial charge in [0.25, 0.3) is 0 Å². The van der Waals surface area contributed by atoms with Gasteiger partial charge in [0.1, 0.15) is 6.10 Å². The molecule has 2 heterocycles. The topological polar surface area (TPSA) is 89.0 Å². The number of nitrogens with zero attached hydrogens (tertiary/aromatic N) is 2. The Balaban J connectivity index is 1.57. The van der Waals surface area contributed by atoms with Crippen molar-refractivity contribution in [2.45, 2.75) is 12.5 Å². The molecule has 0 bridgehead atoms. The zero-order valence-electron chi connectivity index (χ0n) is 13.8. The largest absolute Gasteiger partial charge is 0.472 e. The number of benzene rings is 1. The zero-order chi connectivity index (χ0) is 17.6. The number of primary amides is 1. The van der Waals surface area contributed by atoms with Crippen LogP contribution in [-0.2, 0) is 9.53 Å². The molecule has 7 nitrogen and oxygen atoms in total. The summed E-state index contributed by atoms with van der Waals surface area (Å²) < 4.78 is 10.1. The van der Waals surface area contributed by atoms with Gasteiger partial charge in [0.15, 0.2) is 0 Å². The number of carbonyl (C=O) groups excluding carboxylic acids is 2. The maximum Gasteiger partial charge on any atom is 0.405 e. The lowest BCUT2D eigenvalue weighted by molar-refractivity contribution is -0.133. The smallest absolute Gasteiger partial charge is 0.405 e. The average Bonchev–Trinajstić information content (AvgIpc) is 3.16. The molecule has 1 atom stereocenters. The maximum atomic E-state index is 12.6. The van der Waals surface area contributed by atoms with E-state index in [1.165, 1.54) is 12.5 Å². The van der Waals surface area contributed by atoms with Crippen LogP contribution in [0.5, 0.6) is 0 Å². The van der Waals surface area contributed by atoms with Gasteiger partial charge in [-0.2, -0.15) is 0 Å². The van der Waals surface area contributed by atoms with Crippen LogP contribution in [0.25, 0.3) is 0 Å². The summed E-state index contributed by atoms with van der Waals surface area (Å²) in [6, 6.07) is 11.8. The zero-order valence-corrected chi connectivity index (χ0v) is 13.8. The van der Waals surface area contributed by atoms with E-state index in [9.17, 15) is 9.59 Å². The number of piperazine rings is 1. The van der Waals surface area contributed by atoms with E-state index >= 15 is 0 Å². The van der Waals surface area contributed by atoms with Crippen molar-refractivity contribution in [1.82, 2.24) is 4.90 Å². The SMILES string of the molecule is NC(=O)OC(CC(=O)N1CCN(c2ccccc2)CC1)c1ccoc1. The van der Waals surface area contributed by atoms with Crippen LogP contribution in [-0.4, -0.2) is 43.1 Å². The standard InChI is InChI=1S/C18H21N3O4/c19-18(23)25-16(14-6-11-24-13-14)12-17(22)21-9-7-20(8-10-21)15-4-2-1-3-5-15/h1-6,11,13,16H,7-10,12H2,(H2,19,23). The summed E-state index contributed by atoms with van der Waals surface area (Å²) in [6.07, 6.45) is 1.33. The fourth-order valence-electron chi connectivity index (χ4n) is 2.97. The molecular formula is C18H21N3O4. The van der Waals surface area contributed by atoms with E-state index in [0.29, 0.717) is 18.7 Å². The number of hydrogen-bond donors (Lipinski definition) is 1. The predicted molar refractivity (Wildman–Crippen MR) is 92.0 cm³/mol. The van der Waals surface area contributed by atoms with E-state index in [1.807, 2.05) is 18.2 Å². The average molecular weight is 343 g/mol. The summed E-state index contributed by atoms with van der Waals surface area (Å²) in [5, 5.41) is 0. The molecule has 0 saturated carbocycles. The Kier molecular flexibility index (Phi) is 5.23. The van der Waals surface area contributed by atoms with Crippen LogP contribution in [0, 0.1) is 0 Å².